The number of hydrogen-bond donors (Lipinski definition) is 4. The van der Waals surface area contributed by atoms with Crippen molar-refractivity contribution in [1.82, 2.24) is 10.6 Å². The third-order valence-corrected chi connectivity index (χ3v) is 4.61. The molecule has 0 aliphatic carbocycles. The summed E-state index contributed by atoms with van der Waals surface area (Å²) in [4.78, 5) is 12.1. The summed E-state index contributed by atoms with van der Waals surface area (Å²) >= 11 is 25.3. The number of nitrogens with one attached hydrogen (secondary N) is 4. The van der Waals surface area contributed by atoms with Gasteiger partial charge in [0.1, 0.15) is 0 Å². The van der Waals surface area contributed by atoms with E-state index in [1.54, 1.807) is 24.3 Å². The van der Waals surface area contributed by atoms with Gasteiger partial charge >= 0.3 is 6.03 Å². The summed E-state index contributed by atoms with van der Waals surface area (Å²) in [5.74, 6) is 0. The Balaban J connectivity index is 1.97. The molecule has 138 valence electrons. The lowest BCUT2D eigenvalue weighted by atomic mass is 10.3. The fraction of sp³-hybridized carbons (Fsp3) is 0.125. The van der Waals surface area contributed by atoms with Crippen LogP contribution in [0.1, 0.15) is 0 Å². The van der Waals surface area contributed by atoms with E-state index in [0.29, 0.717) is 5.69 Å². The minimum Gasteiger partial charge on any atom is -0.339 e. The van der Waals surface area contributed by atoms with Crippen LogP contribution in [0.2, 0.25) is 0 Å². The summed E-state index contributed by atoms with van der Waals surface area (Å²) < 4.78 is -0.739. The van der Waals surface area contributed by atoms with Crippen molar-refractivity contribution in [3.8, 4) is 0 Å². The van der Waals surface area contributed by atoms with Crippen molar-refractivity contribution < 1.29 is 4.79 Å². The van der Waals surface area contributed by atoms with Gasteiger partial charge in [0.2, 0.25) is 3.79 Å². The monoisotopic (exact) mass is 542 g/mol. The molecule has 26 heavy (non-hydrogen) atoms. The van der Waals surface area contributed by atoms with Crippen molar-refractivity contribution in [3.63, 3.8) is 0 Å². The highest BCUT2D eigenvalue weighted by atomic mass is 127. The first kappa shape index (κ1) is 21.3. The Kier molecular flexibility index (Phi) is 8.03. The Morgan fingerprint density at radius 3 is 2.08 bits per heavy atom. The number of benzene rings is 2. The van der Waals surface area contributed by atoms with E-state index < -0.39 is 16.0 Å². The van der Waals surface area contributed by atoms with Gasteiger partial charge in [-0.15, -0.1) is 0 Å². The van der Waals surface area contributed by atoms with Crippen molar-refractivity contribution in [1.29, 1.82) is 0 Å². The topological polar surface area (TPSA) is 65.2 Å². The lowest BCUT2D eigenvalue weighted by molar-refractivity contribution is 0.247. The first-order valence-electron chi connectivity index (χ1n) is 7.26. The van der Waals surface area contributed by atoms with Crippen molar-refractivity contribution in [2.75, 3.05) is 10.6 Å². The Morgan fingerprint density at radius 2 is 1.50 bits per heavy atom. The van der Waals surface area contributed by atoms with E-state index in [2.05, 4.69) is 43.9 Å². The van der Waals surface area contributed by atoms with E-state index in [4.69, 9.17) is 47.0 Å². The third kappa shape index (κ3) is 7.32. The molecule has 2 rings (SSSR count). The van der Waals surface area contributed by atoms with Crippen molar-refractivity contribution in [2.24, 2.45) is 0 Å². The van der Waals surface area contributed by atoms with Gasteiger partial charge in [0.25, 0.3) is 0 Å². The maximum absolute atomic E-state index is 12.1. The third-order valence-electron chi connectivity index (χ3n) is 3.01. The van der Waals surface area contributed by atoms with E-state index in [1.807, 2.05) is 30.3 Å². The maximum Gasteiger partial charge on any atom is 0.320 e. The molecular formula is C16H14Cl3IN4OS. The largest absolute Gasteiger partial charge is 0.339 e. The number of carbonyl (C=O) groups excluding carboxylic acids is 1. The Hall–Kier alpha value is -1.000. The van der Waals surface area contributed by atoms with Crippen LogP contribution in [0.25, 0.3) is 0 Å². The Labute approximate surface area is 185 Å². The smallest absolute Gasteiger partial charge is 0.320 e. The van der Waals surface area contributed by atoms with Gasteiger partial charge in [-0.05, 0) is 71.2 Å². The molecule has 2 amide bonds. The molecular weight excluding hydrogens is 530 g/mol. The first-order chi connectivity index (χ1) is 12.2. The first-order valence-corrected chi connectivity index (χ1v) is 9.88. The molecule has 0 saturated heterocycles. The molecule has 0 spiro atoms. The highest BCUT2D eigenvalue weighted by Crippen LogP contribution is 2.29. The van der Waals surface area contributed by atoms with Gasteiger partial charge in [-0.1, -0.05) is 53.0 Å². The molecule has 0 aromatic heterocycles. The summed E-state index contributed by atoms with van der Waals surface area (Å²) in [6.45, 7) is 0. The van der Waals surface area contributed by atoms with Crippen molar-refractivity contribution >= 4 is 92.1 Å². The van der Waals surface area contributed by atoms with Crippen molar-refractivity contribution in [2.45, 2.75) is 9.96 Å². The number of hydrogen-bond acceptors (Lipinski definition) is 2. The molecule has 4 N–H and O–H groups in total. The lowest BCUT2D eigenvalue weighted by Gasteiger charge is -2.27. The summed E-state index contributed by atoms with van der Waals surface area (Å²) in [6, 6.07) is 15.9. The van der Waals surface area contributed by atoms with E-state index in [9.17, 15) is 4.79 Å². The molecule has 0 fully saturated rings. The number of urea groups is 1. The summed E-state index contributed by atoms with van der Waals surface area (Å²) in [5.41, 5.74) is 1.37. The van der Waals surface area contributed by atoms with Crippen LogP contribution in [-0.4, -0.2) is 21.1 Å². The normalized spacial score (nSPS) is 12.0. The van der Waals surface area contributed by atoms with Gasteiger partial charge < -0.3 is 21.3 Å². The summed E-state index contributed by atoms with van der Waals surface area (Å²) in [5, 5.41) is 11.1. The number of thiocarbonyl (C=S) groups is 1. The molecule has 0 aliphatic rings. The van der Waals surface area contributed by atoms with Gasteiger partial charge in [-0.25, -0.2) is 4.79 Å². The number of para-hydroxylation sites is 1. The van der Waals surface area contributed by atoms with Crippen LogP contribution in [0.5, 0.6) is 0 Å². The molecule has 2 aromatic carbocycles. The summed E-state index contributed by atoms with van der Waals surface area (Å²) in [6.07, 6.45) is -1.06. The number of alkyl halides is 3. The van der Waals surface area contributed by atoms with E-state index in [-0.39, 0.29) is 5.11 Å². The highest BCUT2D eigenvalue weighted by Gasteiger charge is 2.34. The minimum atomic E-state index is -1.83. The fourth-order valence-corrected chi connectivity index (χ4v) is 2.77. The number of rotatable bonds is 4. The predicted octanol–water partition coefficient (Wildman–Crippen LogP) is 5.10. The van der Waals surface area contributed by atoms with E-state index in [1.165, 1.54) is 0 Å². The van der Waals surface area contributed by atoms with Crippen LogP contribution in [0, 0.1) is 3.57 Å². The van der Waals surface area contributed by atoms with Crippen LogP contribution in [-0.2, 0) is 0 Å². The standard InChI is InChI=1S/C16H14Cl3IN4OS/c17-16(18,19)13(23-14(25)21-11-4-2-1-3-5-11)24-15(26)22-12-8-6-10(20)7-9-12/h1-9,13H,(H2,21,23,25)(H2,22,24,26)/t13-/m1/s1. The molecule has 10 heteroatoms. The predicted molar refractivity (Wildman–Crippen MR) is 121 cm³/mol. The van der Waals surface area contributed by atoms with E-state index >= 15 is 0 Å². The molecule has 5 nitrogen and oxygen atoms in total. The second-order valence-corrected chi connectivity index (χ2v) is 9.07. The maximum atomic E-state index is 12.1. The quantitative estimate of drug-likeness (QED) is 0.188. The van der Waals surface area contributed by atoms with Crippen LogP contribution < -0.4 is 21.3 Å². The molecule has 0 heterocycles. The van der Waals surface area contributed by atoms with Gasteiger partial charge in [0, 0.05) is 14.9 Å². The van der Waals surface area contributed by atoms with Crippen LogP contribution in [0.3, 0.4) is 0 Å². The number of amides is 2. The average molecular weight is 544 g/mol. The SMILES string of the molecule is O=C(Nc1ccccc1)N[C@H](NC(=S)Nc1ccc(I)cc1)C(Cl)(Cl)Cl. The highest BCUT2D eigenvalue weighted by molar-refractivity contribution is 14.1. The van der Waals surface area contributed by atoms with Crippen LogP contribution >= 0.6 is 69.6 Å². The van der Waals surface area contributed by atoms with Crippen LogP contribution in [0.4, 0.5) is 16.2 Å². The summed E-state index contributed by atoms with van der Waals surface area (Å²) in [7, 11) is 0. The number of halogens is 4. The minimum absolute atomic E-state index is 0.197. The second kappa shape index (κ2) is 9.80. The molecule has 2 aromatic rings. The van der Waals surface area contributed by atoms with E-state index in [0.717, 1.165) is 9.26 Å². The van der Waals surface area contributed by atoms with Gasteiger partial charge in [0.05, 0.1) is 0 Å². The fourth-order valence-electron chi connectivity index (χ4n) is 1.85. The van der Waals surface area contributed by atoms with Gasteiger partial charge in [-0.2, -0.15) is 0 Å². The molecule has 0 saturated carbocycles. The zero-order chi connectivity index (χ0) is 19.2. The van der Waals surface area contributed by atoms with Gasteiger partial charge in [-0.3, -0.25) is 0 Å². The molecule has 0 radical (unpaired) electrons. The Morgan fingerprint density at radius 1 is 0.923 bits per heavy atom. The number of anilines is 2. The average Bonchev–Trinajstić information content (AvgIpc) is 2.56. The molecule has 0 aliphatic heterocycles. The molecule has 1 atom stereocenters. The number of carbonyl (C=O) groups is 1. The lowest BCUT2D eigenvalue weighted by Crippen LogP contribution is -2.57. The molecule has 0 unspecified atom stereocenters. The zero-order valence-corrected chi connectivity index (χ0v) is 18.3. The Bertz CT molecular complexity index is 756. The second-order valence-electron chi connectivity index (χ2n) is 5.04. The van der Waals surface area contributed by atoms with Crippen molar-refractivity contribution in [3.05, 3.63) is 58.2 Å². The molecule has 0 bridgehead atoms. The zero-order valence-electron chi connectivity index (χ0n) is 13.1. The van der Waals surface area contributed by atoms with Gasteiger partial charge in [0.15, 0.2) is 11.3 Å². The van der Waals surface area contributed by atoms with Crippen LogP contribution in [0.15, 0.2) is 54.6 Å².